The highest BCUT2D eigenvalue weighted by molar-refractivity contribution is 14.1. The van der Waals surface area contributed by atoms with Crippen LogP contribution in [0.4, 0.5) is 34.6 Å². The molecular formula is C24H21F4IN4O4S. The number of rotatable bonds is 11. The number of nitrogens with one attached hydrogen (secondary N) is 4. The molecule has 0 aliphatic carbocycles. The Hall–Kier alpha value is -3.21. The normalized spacial score (nSPS) is 11.2. The van der Waals surface area contributed by atoms with Gasteiger partial charge in [0.05, 0.1) is 29.2 Å². The maximum atomic E-state index is 15.3. The molecule has 0 heterocycles. The topological polar surface area (TPSA) is 109 Å². The second-order valence-corrected chi connectivity index (χ2v) is 10.5. The SMILES string of the molecule is C=CCONC(=O)c1cc(Cc2cccc(NS(=O)(=O)NC)c2F)c(F)c(F)c1Nc1ccc(I)cc1F. The zero-order chi connectivity index (χ0) is 28.0. The van der Waals surface area contributed by atoms with Crippen LogP contribution in [0.1, 0.15) is 21.5 Å². The standard InChI is InChI=1S/C24H21F4IN4O4S/c1-3-9-37-32-24(34)16-11-14(10-13-5-4-6-19(20(13)26)33-38(35,36)30-2)21(27)22(28)23(16)31-18-8-7-15(29)12-17(18)25/h3-8,11-12,30-31,33H,1,9-10H2,2H3,(H,32,34). The van der Waals surface area contributed by atoms with Crippen LogP contribution in [0, 0.1) is 26.8 Å². The predicted molar refractivity (Wildman–Crippen MR) is 143 cm³/mol. The molecule has 0 unspecified atom stereocenters. The summed E-state index contributed by atoms with van der Waals surface area (Å²) in [6.07, 6.45) is 0.769. The Balaban J connectivity index is 2.07. The van der Waals surface area contributed by atoms with Crippen LogP contribution in [-0.2, 0) is 21.5 Å². The van der Waals surface area contributed by atoms with Crippen LogP contribution < -0.4 is 20.2 Å². The summed E-state index contributed by atoms with van der Waals surface area (Å²) in [6, 6.07) is 8.60. The van der Waals surface area contributed by atoms with Crippen LogP contribution in [0.3, 0.4) is 0 Å². The third-order valence-electron chi connectivity index (χ3n) is 5.06. The zero-order valence-corrected chi connectivity index (χ0v) is 22.6. The minimum Gasteiger partial charge on any atom is -0.350 e. The van der Waals surface area contributed by atoms with Gasteiger partial charge in [0, 0.05) is 17.0 Å². The molecule has 0 saturated carbocycles. The van der Waals surface area contributed by atoms with Gasteiger partial charge in [0.15, 0.2) is 17.5 Å². The monoisotopic (exact) mass is 664 g/mol. The molecule has 0 bridgehead atoms. The van der Waals surface area contributed by atoms with Crippen LogP contribution in [-0.4, -0.2) is 28.0 Å². The summed E-state index contributed by atoms with van der Waals surface area (Å²) >= 11 is 1.87. The fraction of sp³-hybridized carbons (Fsp3) is 0.125. The summed E-state index contributed by atoms with van der Waals surface area (Å²) in [5.74, 6) is -5.77. The maximum absolute atomic E-state index is 15.3. The first-order chi connectivity index (χ1) is 18.0. The number of hydrogen-bond donors (Lipinski definition) is 4. The Morgan fingerprint density at radius 2 is 1.76 bits per heavy atom. The van der Waals surface area contributed by atoms with Crippen molar-refractivity contribution in [1.29, 1.82) is 0 Å². The lowest BCUT2D eigenvalue weighted by Crippen LogP contribution is -2.27. The first kappa shape index (κ1) is 29.3. The quantitative estimate of drug-likeness (QED) is 0.0767. The van der Waals surface area contributed by atoms with Gasteiger partial charge >= 0.3 is 0 Å². The average Bonchev–Trinajstić information content (AvgIpc) is 2.87. The number of hydroxylamine groups is 1. The third-order valence-corrected chi connectivity index (χ3v) is 6.75. The summed E-state index contributed by atoms with van der Waals surface area (Å²) in [6.45, 7) is 3.33. The number of carbonyl (C=O) groups is 1. The highest BCUT2D eigenvalue weighted by Gasteiger charge is 2.25. The number of amides is 1. The van der Waals surface area contributed by atoms with E-state index in [-0.39, 0.29) is 17.9 Å². The van der Waals surface area contributed by atoms with Crippen molar-refractivity contribution in [2.24, 2.45) is 0 Å². The molecule has 38 heavy (non-hydrogen) atoms. The maximum Gasteiger partial charge on any atom is 0.298 e. The summed E-state index contributed by atoms with van der Waals surface area (Å²) in [4.78, 5) is 17.7. The lowest BCUT2D eigenvalue weighted by molar-refractivity contribution is 0.0422. The third kappa shape index (κ3) is 7.00. The van der Waals surface area contributed by atoms with Gasteiger partial charge in [-0.1, -0.05) is 18.2 Å². The lowest BCUT2D eigenvalue weighted by atomic mass is 9.99. The van der Waals surface area contributed by atoms with Crippen LogP contribution in [0.2, 0.25) is 0 Å². The molecule has 3 aromatic rings. The van der Waals surface area contributed by atoms with Crippen molar-refractivity contribution >= 4 is 55.8 Å². The molecule has 0 aliphatic rings. The van der Waals surface area contributed by atoms with Crippen molar-refractivity contribution < 1.29 is 35.6 Å². The van der Waals surface area contributed by atoms with Crippen molar-refractivity contribution in [1.82, 2.24) is 10.2 Å². The Bertz CT molecular complexity index is 1490. The van der Waals surface area contributed by atoms with E-state index in [1.807, 2.05) is 37.5 Å². The molecule has 14 heteroatoms. The van der Waals surface area contributed by atoms with Crippen molar-refractivity contribution in [2.75, 3.05) is 23.7 Å². The Morgan fingerprint density at radius 1 is 1.03 bits per heavy atom. The van der Waals surface area contributed by atoms with Crippen LogP contribution in [0.25, 0.3) is 0 Å². The van der Waals surface area contributed by atoms with E-state index < -0.39 is 68.3 Å². The lowest BCUT2D eigenvalue weighted by Gasteiger charge is -2.17. The minimum atomic E-state index is -4.06. The van der Waals surface area contributed by atoms with Crippen LogP contribution in [0.15, 0.2) is 55.1 Å². The first-order valence-corrected chi connectivity index (χ1v) is 13.3. The second kappa shape index (κ2) is 12.6. The number of halogens is 5. The Kier molecular flexibility index (Phi) is 9.70. The van der Waals surface area contributed by atoms with Gasteiger partial charge in [-0.05, 0) is 64.0 Å². The van der Waals surface area contributed by atoms with E-state index in [1.54, 1.807) is 0 Å². The first-order valence-electron chi connectivity index (χ1n) is 10.7. The molecule has 0 atom stereocenters. The molecule has 0 saturated heterocycles. The van der Waals surface area contributed by atoms with Gasteiger partial charge in [-0.2, -0.15) is 8.42 Å². The van der Waals surface area contributed by atoms with E-state index in [2.05, 4.69) is 11.9 Å². The second-order valence-electron chi connectivity index (χ2n) is 7.63. The van der Waals surface area contributed by atoms with Gasteiger partial charge in [-0.15, -0.1) is 6.58 Å². The van der Waals surface area contributed by atoms with Crippen molar-refractivity contribution in [3.63, 3.8) is 0 Å². The molecule has 8 nitrogen and oxygen atoms in total. The van der Waals surface area contributed by atoms with E-state index in [4.69, 9.17) is 4.84 Å². The highest BCUT2D eigenvalue weighted by Crippen LogP contribution is 2.32. The van der Waals surface area contributed by atoms with Gasteiger partial charge in [0.25, 0.3) is 16.1 Å². The summed E-state index contributed by atoms with van der Waals surface area (Å²) in [7, 11) is -2.94. The average molecular weight is 664 g/mol. The molecule has 0 spiro atoms. The van der Waals surface area contributed by atoms with E-state index in [0.29, 0.717) is 3.57 Å². The van der Waals surface area contributed by atoms with Crippen LogP contribution >= 0.6 is 22.6 Å². The molecule has 3 aromatic carbocycles. The Labute approximate surface area is 229 Å². The van der Waals surface area contributed by atoms with Gasteiger partial charge in [-0.25, -0.2) is 27.8 Å². The molecule has 0 fully saturated rings. The molecule has 1 amide bonds. The number of anilines is 3. The minimum absolute atomic E-state index is 0.0999. The number of hydrogen-bond acceptors (Lipinski definition) is 5. The van der Waals surface area contributed by atoms with Gasteiger partial charge in [0.2, 0.25) is 0 Å². The van der Waals surface area contributed by atoms with Crippen molar-refractivity contribution in [2.45, 2.75) is 6.42 Å². The predicted octanol–water partition coefficient (Wildman–Crippen LogP) is 4.91. The molecule has 0 aliphatic heterocycles. The summed E-state index contributed by atoms with van der Waals surface area (Å²) in [5, 5.41) is 2.40. The highest BCUT2D eigenvalue weighted by atomic mass is 127. The molecular weight excluding hydrogens is 643 g/mol. The largest absolute Gasteiger partial charge is 0.350 e. The summed E-state index contributed by atoms with van der Waals surface area (Å²) in [5.41, 5.74) is -0.382. The van der Waals surface area contributed by atoms with Gasteiger partial charge < -0.3 is 5.32 Å². The van der Waals surface area contributed by atoms with E-state index in [0.717, 1.165) is 25.2 Å². The number of benzene rings is 3. The summed E-state index contributed by atoms with van der Waals surface area (Å²) < 4.78 is 88.0. The molecule has 0 aromatic heterocycles. The van der Waals surface area contributed by atoms with E-state index >= 15 is 13.2 Å². The van der Waals surface area contributed by atoms with E-state index in [9.17, 15) is 17.6 Å². The van der Waals surface area contributed by atoms with Crippen molar-refractivity contribution in [3.8, 4) is 0 Å². The fourth-order valence-electron chi connectivity index (χ4n) is 3.25. The Morgan fingerprint density at radius 3 is 2.42 bits per heavy atom. The van der Waals surface area contributed by atoms with Gasteiger partial charge in [-0.3, -0.25) is 14.4 Å². The smallest absolute Gasteiger partial charge is 0.298 e. The van der Waals surface area contributed by atoms with Crippen LogP contribution in [0.5, 0.6) is 0 Å². The van der Waals surface area contributed by atoms with Gasteiger partial charge in [0.1, 0.15) is 5.82 Å². The molecule has 0 radical (unpaired) electrons. The zero-order valence-electron chi connectivity index (χ0n) is 19.7. The molecule has 202 valence electrons. The number of carbonyl (C=O) groups excluding carboxylic acids is 1. The fourth-order valence-corrected chi connectivity index (χ4v) is 4.25. The van der Waals surface area contributed by atoms with Crippen molar-refractivity contribution in [3.05, 3.63) is 98.6 Å². The molecule has 3 rings (SSSR count). The molecule has 4 N–H and O–H groups in total. The van der Waals surface area contributed by atoms with E-state index in [1.165, 1.54) is 30.3 Å².